The summed E-state index contributed by atoms with van der Waals surface area (Å²) in [5, 5.41) is 7.44. The summed E-state index contributed by atoms with van der Waals surface area (Å²) in [6.07, 6.45) is 0. The van der Waals surface area contributed by atoms with Crippen LogP contribution in [0.2, 0.25) is 0 Å². The third-order valence-corrected chi connectivity index (χ3v) is 14.3. The highest BCUT2D eigenvalue weighted by Gasteiger charge is 2.35. The van der Waals surface area contributed by atoms with E-state index in [1.54, 1.807) is 0 Å². The van der Waals surface area contributed by atoms with E-state index in [4.69, 9.17) is 0 Å². The maximum atomic E-state index is 2.52. The first-order valence-corrected chi connectivity index (χ1v) is 23.6. The van der Waals surface area contributed by atoms with Crippen molar-refractivity contribution in [2.24, 2.45) is 0 Å². The molecule has 322 valence electrons. The van der Waals surface area contributed by atoms with Crippen LogP contribution in [0.3, 0.4) is 0 Å². The molecule has 0 fully saturated rings. The van der Waals surface area contributed by atoms with Gasteiger partial charge in [0.15, 0.2) is 0 Å². The minimum atomic E-state index is -0.219. The number of rotatable bonds is 8. The molecule has 0 saturated carbocycles. The van der Waals surface area contributed by atoms with Crippen LogP contribution < -0.4 is 9.80 Å². The molecule has 0 bridgehead atoms. The predicted molar refractivity (Wildman–Crippen MR) is 288 cm³/mol. The smallest absolute Gasteiger partial charge is 0.0582 e. The predicted octanol–water partition coefficient (Wildman–Crippen LogP) is 18.0. The summed E-state index contributed by atoms with van der Waals surface area (Å²) in [5.74, 6) is 0. The first kappa shape index (κ1) is 39.7. The van der Waals surface area contributed by atoms with Crippen molar-refractivity contribution in [2.75, 3.05) is 9.80 Å². The minimum absolute atomic E-state index is 0.219. The van der Waals surface area contributed by atoms with Gasteiger partial charge in [0.05, 0.1) is 16.7 Å². The minimum Gasteiger partial charge on any atom is -0.310 e. The summed E-state index contributed by atoms with van der Waals surface area (Å²) in [6, 6.07) is 91.1. The standard InChI is InChI=1S/C65H47N3/c1-65(2)60-23-13-14-24-63(60)68-62-38-31-50(46-25-32-54(33-26-46)66(52-19-5-3-6-20-52)56-36-29-44-15-9-11-17-48(44)39-56)41-58(62)59-42-51(43-61(65)64(59)68)47-27-34-55(35-28-47)67(53-21-7-4-8-22-53)57-37-30-45-16-10-12-18-49(45)40-57/h3-43H,1-2H3. The number of hydrogen-bond acceptors (Lipinski definition) is 2. The molecule has 11 aromatic carbocycles. The van der Waals surface area contributed by atoms with Gasteiger partial charge in [0, 0.05) is 50.3 Å². The number of anilines is 6. The Bertz CT molecular complexity index is 3870. The average Bonchev–Trinajstić information content (AvgIpc) is 3.73. The molecule has 12 aromatic rings. The fourth-order valence-electron chi connectivity index (χ4n) is 10.8. The van der Waals surface area contributed by atoms with Crippen LogP contribution >= 0.6 is 0 Å². The normalized spacial score (nSPS) is 12.7. The molecule has 0 atom stereocenters. The van der Waals surface area contributed by atoms with Crippen molar-refractivity contribution in [3.63, 3.8) is 0 Å². The van der Waals surface area contributed by atoms with Crippen LogP contribution in [0.25, 0.3) is 71.3 Å². The van der Waals surface area contributed by atoms with Gasteiger partial charge in [-0.05, 0) is 158 Å². The summed E-state index contributed by atoms with van der Waals surface area (Å²) in [4.78, 5) is 4.70. The molecule has 0 aliphatic carbocycles. The average molecular weight is 870 g/mol. The third kappa shape index (κ3) is 6.50. The second-order valence-electron chi connectivity index (χ2n) is 18.6. The van der Waals surface area contributed by atoms with E-state index in [0.717, 1.165) is 34.1 Å². The van der Waals surface area contributed by atoms with E-state index >= 15 is 0 Å². The highest BCUT2D eigenvalue weighted by atomic mass is 15.1. The van der Waals surface area contributed by atoms with E-state index < -0.39 is 0 Å². The number of nitrogens with zero attached hydrogens (tertiary/aromatic N) is 3. The van der Waals surface area contributed by atoms with Crippen LogP contribution in [0.4, 0.5) is 34.1 Å². The molecule has 1 aliphatic rings. The van der Waals surface area contributed by atoms with Crippen molar-refractivity contribution < 1.29 is 0 Å². The molecule has 2 heterocycles. The lowest BCUT2D eigenvalue weighted by Gasteiger charge is -2.35. The van der Waals surface area contributed by atoms with Crippen LogP contribution in [-0.2, 0) is 5.41 Å². The lowest BCUT2D eigenvalue weighted by atomic mass is 9.74. The van der Waals surface area contributed by atoms with Gasteiger partial charge in [-0.2, -0.15) is 0 Å². The van der Waals surface area contributed by atoms with Gasteiger partial charge in [0.25, 0.3) is 0 Å². The number of para-hydroxylation sites is 3. The summed E-state index contributed by atoms with van der Waals surface area (Å²) < 4.78 is 2.52. The summed E-state index contributed by atoms with van der Waals surface area (Å²) in [6.45, 7) is 4.78. The van der Waals surface area contributed by atoms with Gasteiger partial charge in [-0.15, -0.1) is 0 Å². The highest BCUT2D eigenvalue weighted by Crippen LogP contribution is 2.50. The quantitative estimate of drug-likeness (QED) is 0.151. The zero-order valence-electron chi connectivity index (χ0n) is 38.0. The highest BCUT2D eigenvalue weighted by molar-refractivity contribution is 6.14. The molecule has 0 saturated heterocycles. The van der Waals surface area contributed by atoms with Crippen LogP contribution in [0.5, 0.6) is 0 Å². The molecule has 1 aromatic heterocycles. The molecule has 1 aliphatic heterocycles. The molecular formula is C65H47N3. The van der Waals surface area contributed by atoms with E-state index in [2.05, 4.69) is 277 Å². The Morgan fingerprint density at radius 1 is 0.309 bits per heavy atom. The lowest BCUT2D eigenvalue weighted by molar-refractivity contribution is 0.630. The zero-order valence-corrected chi connectivity index (χ0v) is 38.0. The van der Waals surface area contributed by atoms with Gasteiger partial charge in [0.2, 0.25) is 0 Å². The van der Waals surface area contributed by atoms with Crippen LogP contribution in [-0.4, -0.2) is 4.57 Å². The topological polar surface area (TPSA) is 11.4 Å². The third-order valence-electron chi connectivity index (χ3n) is 14.3. The summed E-state index contributed by atoms with van der Waals surface area (Å²) >= 11 is 0. The number of fused-ring (bicyclic) bond motifs is 7. The number of aromatic nitrogens is 1. The number of hydrogen-bond donors (Lipinski definition) is 0. The fraction of sp³-hybridized carbons (Fsp3) is 0.0462. The molecule has 13 rings (SSSR count). The summed E-state index contributed by atoms with van der Waals surface area (Å²) in [7, 11) is 0. The first-order chi connectivity index (χ1) is 33.5. The Kier molecular flexibility index (Phi) is 9.19. The van der Waals surface area contributed by atoms with Crippen molar-refractivity contribution >= 4 is 77.5 Å². The van der Waals surface area contributed by atoms with E-state index in [1.807, 2.05) is 0 Å². The number of benzene rings is 11. The van der Waals surface area contributed by atoms with Crippen molar-refractivity contribution in [2.45, 2.75) is 19.3 Å². The van der Waals surface area contributed by atoms with Gasteiger partial charge in [-0.1, -0.05) is 159 Å². The Morgan fingerprint density at radius 2 is 0.750 bits per heavy atom. The second kappa shape index (κ2) is 15.8. The first-order valence-electron chi connectivity index (χ1n) is 23.6. The molecule has 0 radical (unpaired) electrons. The van der Waals surface area contributed by atoms with Crippen LogP contribution in [0.15, 0.2) is 249 Å². The Labute approximate surface area is 397 Å². The maximum absolute atomic E-state index is 2.52. The van der Waals surface area contributed by atoms with E-state index in [9.17, 15) is 0 Å². The Balaban J connectivity index is 0.927. The molecule has 0 N–H and O–H groups in total. The zero-order chi connectivity index (χ0) is 45.3. The Morgan fingerprint density at radius 3 is 1.32 bits per heavy atom. The van der Waals surface area contributed by atoms with Gasteiger partial charge >= 0.3 is 0 Å². The van der Waals surface area contributed by atoms with E-state index in [0.29, 0.717) is 0 Å². The Hall–Kier alpha value is -8.66. The van der Waals surface area contributed by atoms with Crippen LogP contribution in [0, 0.1) is 0 Å². The molecular weight excluding hydrogens is 823 g/mol. The van der Waals surface area contributed by atoms with E-state index in [-0.39, 0.29) is 5.41 Å². The largest absolute Gasteiger partial charge is 0.310 e. The van der Waals surface area contributed by atoms with Crippen LogP contribution in [0.1, 0.15) is 25.0 Å². The van der Waals surface area contributed by atoms with Gasteiger partial charge < -0.3 is 14.4 Å². The van der Waals surface area contributed by atoms with Gasteiger partial charge in [-0.25, -0.2) is 0 Å². The van der Waals surface area contributed by atoms with Crippen molar-refractivity contribution in [3.05, 3.63) is 260 Å². The maximum Gasteiger partial charge on any atom is 0.0582 e. The van der Waals surface area contributed by atoms with E-state index in [1.165, 1.54) is 82.4 Å². The second-order valence-corrected chi connectivity index (χ2v) is 18.6. The van der Waals surface area contributed by atoms with Crippen molar-refractivity contribution in [3.8, 4) is 27.9 Å². The molecule has 0 unspecified atom stereocenters. The lowest BCUT2D eigenvalue weighted by Crippen LogP contribution is -2.26. The fourth-order valence-corrected chi connectivity index (χ4v) is 10.8. The van der Waals surface area contributed by atoms with Crippen molar-refractivity contribution in [1.82, 2.24) is 4.57 Å². The molecule has 0 amide bonds. The van der Waals surface area contributed by atoms with Gasteiger partial charge in [0.1, 0.15) is 0 Å². The summed E-state index contributed by atoms with van der Waals surface area (Å²) in [5.41, 5.74) is 17.7. The van der Waals surface area contributed by atoms with Gasteiger partial charge in [-0.3, -0.25) is 0 Å². The molecule has 0 spiro atoms. The molecule has 68 heavy (non-hydrogen) atoms. The molecule has 3 nitrogen and oxygen atoms in total. The SMILES string of the molecule is CC1(C)c2ccccc2-n2c3ccc(-c4ccc(N(c5ccccc5)c5ccc6ccccc6c5)cc4)cc3c3cc(-c4ccc(N(c5ccccc5)c5ccc6ccccc6c5)cc4)cc1c32. The molecule has 3 heteroatoms. The van der Waals surface area contributed by atoms with Crippen molar-refractivity contribution in [1.29, 1.82) is 0 Å². The monoisotopic (exact) mass is 869 g/mol.